The van der Waals surface area contributed by atoms with Crippen LogP contribution in [0.2, 0.25) is 0 Å². The van der Waals surface area contributed by atoms with Gasteiger partial charge in [-0.25, -0.2) is 14.5 Å². The smallest absolute Gasteiger partial charge is 0.432 e. The Morgan fingerprint density at radius 1 is 0.917 bits per heavy atom. The van der Waals surface area contributed by atoms with Crippen molar-refractivity contribution in [2.75, 3.05) is 6.61 Å². The second-order valence-electron chi connectivity index (χ2n) is 4.89. The largest absolute Gasteiger partial charge is 0.543 e. The van der Waals surface area contributed by atoms with Gasteiger partial charge >= 0.3 is 12.1 Å². The summed E-state index contributed by atoms with van der Waals surface area (Å²) in [6, 6.07) is 16.2. The Kier molecular flexibility index (Phi) is 6.79. The quantitative estimate of drug-likeness (QED) is 0.326. The average Bonchev–Trinajstić information content (AvgIpc) is 2.62. The maximum absolute atomic E-state index is 12.1. The molecule has 126 valence electrons. The van der Waals surface area contributed by atoms with Crippen molar-refractivity contribution >= 4 is 12.1 Å². The summed E-state index contributed by atoms with van der Waals surface area (Å²) in [5.74, 6) is -0.782. The SMILES string of the molecule is CCCCOC(=O)OOOC(=O)c1ccccc1-c1ccccc1. The monoisotopic (exact) mass is 330 g/mol. The lowest BCUT2D eigenvalue weighted by Gasteiger charge is -2.08. The molecule has 2 rings (SSSR count). The molecule has 0 aliphatic heterocycles. The van der Waals surface area contributed by atoms with Crippen LogP contribution in [0.15, 0.2) is 54.6 Å². The highest BCUT2D eigenvalue weighted by molar-refractivity contribution is 5.96. The van der Waals surface area contributed by atoms with Gasteiger partial charge in [-0.05, 0) is 23.6 Å². The molecule has 0 aliphatic carbocycles. The van der Waals surface area contributed by atoms with Crippen molar-refractivity contribution in [1.29, 1.82) is 0 Å². The van der Waals surface area contributed by atoms with Gasteiger partial charge in [0.05, 0.1) is 17.2 Å². The van der Waals surface area contributed by atoms with E-state index in [4.69, 9.17) is 0 Å². The van der Waals surface area contributed by atoms with Crippen LogP contribution in [0.4, 0.5) is 4.79 Å². The molecule has 0 amide bonds. The second kappa shape index (κ2) is 9.32. The molecular weight excluding hydrogens is 312 g/mol. The third kappa shape index (κ3) is 5.10. The molecule has 2 aromatic rings. The Morgan fingerprint density at radius 2 is 1.62 bits per heavy atom. The number of ether oxygens (including phenoxy) is 1. The Hall–Kier alpha value is -2.86. The minimum Gasteiger partial charge on any atom is -0.432 e. The Bertz CT molecular complexity index is 668. The number of hydrogen-bond acceptors (Lipinski definition) is 6. The van der Waals surface area contributed by atoms with Crippen LogP contribution in [0.3, 0.4) is 0 Å². The molecule has 6 nitrogen and oxygen atoms in total. The fraction of sp³-hybridized carbons (Fsp3) is 0.222. The molecule has 6 heteroatoms. The Morgan fingerprint density at radius 3 is 2.38 bits per heavy atom. The molecule has 24 heavy (non-hydrogen) atoms. The molecule has 0 unspecified atom stereocenters. The molecular formula is C18H18O6. The molecule has 0 heterocycles. The van der Waals surface area contributed by atoms with Gasteiger partial charge in [-0.1, -0.05) is 61.9 Å². The van der Waals surface area contributed by atoms with Crippen molar-refractivity contribution in [3.8, 4) is 11.1 Å². The lowest BCUT2D eigenvalue weighted by molar-refractivity contribution is -0.452. The predicted molar refractivity (Wildman–Crippen MR) is 85.7 cm³/mol. The highest BCUT2D eigenvalue weighted by Gasteiger charge is 2.16. The summed E-state index contributed by atoms with van der Waals surface area (Å²) in [4.78, 5) is 32.0. The minimum absolute atomic E-state index is 0.212. The first-order chi connectivity index (χ1) is 11.7. The number of benzene rings is 2. The lowest BCUT2D eigenvalue weighted by Crippen LogP contribution is -2.13. The van der Waals surface area contributed by atoms with Crippen molar-refractivity contribution < 1.29 is 29.1 Å². The van der Waals surface area contributed by atoms with Gasteiger partial charge in [0, 0.05) is 0 Å². The normalized spacial score (nSPS) is 10.0. The second-order valence-corrected chi connectivity index (χ2v) is 4.89. The van der Waals surface area contributed by atoms with E-state index in [1.165, 1.54) is 0 Å². The van der Waals surface area contributed by atoms with Crippen molar-refractivity contribution in [2.45, 2.75) is 19.8 Å². The van der Waals surface area contributed by atoms with Crippen LogP contribution in [-0.2, 0) is 19.6 Å². The van der Waals surface area contributed by atoms with Gasteiger partial charge in [-0.3, -0.25) is 4.89 Å². The van der Waals surface area contributed by atoms with Crippen LogP contribution >= 0.6 is 0 Å². The summed E-state index contributed by atoms with van der Waals surface area (Å²) < 4.78 is 4.69. The van der Waals surface area contributed by atoms with Crippen molar-refractivity contribution in [1.82, 2.24) is 0 Å². The molecule has 0 aromatic heterocycles. The average molecular weight is 330 g/mol. The first-order valence-electron chi connectivity index (χ1n) is 7.59. The van der Waals surface area contributed by atoms with E-state index in [0.717, 1.165) is 12.0 Å². The molecule has 0 atom stereocenters. The summed E-state index contributed by atoms with van der Waals surface area (Å²) in [5.41, 5.74) is 1.81. The summed E-state index contributed by atoms with van der Waals surface area (Å²) in [6.07, 6.45) is 0.520. The van der Waals surface area contributed by atoms with Crippen molar-refractivity contribution in [2.24, 2.45) is 0 Å². The van der Waals surface area contributed by atoms with Gasteiger partial charge in [0.2, 0.25) is 0 Å². The van der Waals surface area contributed by atoms with E-state index >= 15 is 0 Å². The maximum atomic E-state index is 12.1. The van der Waals surface area contributed by atoms with Crippen LogP contribution in [0.5, 0.6) is 0 Å². The molecule has 0 N–H and O–H groups in total. The maximum Gasteiger partial charge on any atom is 0.543 e. The highest BCUT2D eigenvalue weighted by atomic mass is 17.5. The minimum atomic E-state index is -1.06. The Balaban J connectivity index is 1.93. The third-order valence-electron chi connectivity index (χ3n) is 3.16. The van der Waals surface area contributed by atoms with E-state index in [0.29, 0.717) is 12.0 Å². The lowest BCUT2D eigenvalue weighted by atomic mass is 10.00. The molecule has 0 saturated heterocycles. The first-order valence-corrected chi connectivity index (χ1v) is 7.59. The zero-order valence-corrected chi connectivity index (χ0v) is 13.3. The van der Waals surface area contributed by atoms with Gasteiger partial charge in [0.1, 0.15) is 0 Å². The summed E-state index contributed by atoms with van der Waals surface area (Å²) in [5, 5.41) is 4.21. The van der Waals surface area contributed by atoms with E-state index in [1.54, 1.807) is 18.2 Å². The molecule has 0 radical (unpaired) electrons. The summed E-state index contributed by atoms with van der Waals surface area (Å²) in [6.45, 7) is 2.17. The third-order valence-corrected chi connectivity index (χ3v) is 3.16. The van der Waals surface area contributed by atoms with Gasteiger partial charge in [0.15, 0.2) is 0 Å². The van der Waals surface area contributed by atoms with Crippen LogP contribution in [0, 0.1) is 0 Å². The summed E-state index contributed by atoms with van der Waals surface area (Å²) in [7, 11) is 0. The number of hydrogen-bond donors (Lipinski definition) is 0. The Labute approximate surface area is 139 Å². The van der Waals surface area contributed by atoms with Gasteiger partial charge < -0.3 is 4.74 Å². The molecule has 0 fully saturated rings. The number of unbranched alkanes of at least 4 members (excludes halogenated alkanes) is 1. The van der Waals surface area contributed by atoms with Gasteiger partial charge in [-0.15, -0.1) is 0 Å². The number of rotatable bonds is 7. The topological polar surface area (TPSA) is 71.1 Å². The fourth-order valence-corrected chi connectivity index (χ4v) is 1.98. The van der Waals surface area contributed by atoms with E-state index in [9.17, 15) is 9.59 Å². The molecule has 0 bridgehead atoms. The molecule has 0 saturated carbocycles. The van der Waals surface area contributed by atoms with Crippen LogP contribution in [0.25, 0.3) is 11.1 Å². The van der Waals surface area contributed by atoms with Crippen molar-refractivity contribution in [3.05, 3.63) is 60.2 Å². The predicted octanol–water partition coefficient (Wildman–Crippen LogP) is 4.31. The van der Waals surface area contributed by atoms with Gasteiger partial charge in [0.25, 0.3) is 0 Å². The van der Waals surface area contributed by atoms with E-state index in [2.05, 4.69) is 19.6 Å². The molecule has 0 aliphatic rings. The van der Waals surface area contributed by atoms with E-state index < -0.39 is 12.1 Å². The highest BCUT2D eigenvalue weighted by Crippen LogP contribution is 2.24. The van der Waals surface area contributed by atoms with Crippen LogP contribution < -0.4 is 0 Å². The zero-order chi connectivity index (χ0) is 17.2. The first kappa shape index (κ1) is 17.5. The zero-order valence-electron chi connectivity index (χ0n) is 13.3. The van der Waals surface area contributed by atoms with Crippen LogP contribution in [0.1, 0.15) is 30.1 Å². The number of carbonyl (C=O) groups is 2. The van der Waals surface area contributed by atoms with Crippen LogP contribution in [-0.4, -0.2) is 18.7 Å². The standard InChI is InChI=1S/C18H18O6/c1-2-3-13-21-18(20)23-24-22-17(19)16-12-8-7-11-15(16)14-9-5-4-6-10-14/h4-12H,2-3,13H2,1H3. The summed E-state index contributed by atoms with van der Waals surface area (Å²) >= 11 is 0. The molecule has 0 spiro atoms. The number of carbonyl (C=O) groups excluding carboxylic acids is 2. The van der Waals surface area contributed by atoms with E-state index in [1.807, 2.05) is 43.3 Å². The van der Waals surface area contributed by atoms with E-state index in [-0.39, 0.29) is 12.2 Å². The van der Waals surface area contributed by atoms with Crippen molar-refractivity contribution in [3.63, 3.8) is 0 Å². The molecule has 2 aromatic carbocycles. The van der Waals surface area contributed by atoms with Gasteiger partial charge in [-0.2, -0.15) is 0 Å². The fourth-order valence-electron chi connectivity index (χ4n) is 1.98.